The normalized spacial score (nSPS) is 17.1. The van der Waals surface area contributed by atoms with Gasteiger partial charge >= 0.3 is 0 Å². The first kappa shape index (κ1) is 17.2. The Morgan fingerprint density at radius 2 is 1.85 bits per heavy atom. The number of rotatable bonds is 4. The largest absolute Gasteiger partial charge is 0.339 e. The van der Waals surface area contributed by atoms with E-state index in [2.05, 4.69) is 10.3 Å². The molecule has 1 saturated heterocycles. The number of piperidine rings is 1. The van der Waals surface area contributed by atoms with Gasteiger partial charge in [0.25, 0.3) is 5.91 Å². The molecule has 1 atom stereocenters. The second-order valence-electron chi connectivity index (χ2n) is 6.79. The fourth-order valence-electron chi connectivity index (χ4n) is 3.56. The highest BCUT2D eigenvalue weighted by Crippen LogP contribution is 2.19. The van der Waals surface area contributed by atoms with Crippen LogP contribution >= 0.6 is 0 Å². The number of likely N-dealkylation sites (tertiary alicyclic amines) is 1. The molecule has 2 heterocycles. The van der Waals surface area contributed by atoms with Crippen molar-refractivity contribution in [2.24, 2.45) is 0 Å². The highest BCUT2D eigenvalue weighted by molar-refractivity contribution is 6.06. The van der Waals surface area contributed by atoms with E-state index in [9.17, 15) is 9.59 Å². The second-order valence-corrected chi connectivity index (χ2v) is 6.79. The van der Waals surface area contributed by atoms with Gasteiger partial charge in [-0.25, -0.2) is 0 Å². The number of fused-ring (bicyclic) bond motifs is 1. The predicted octanol–water partition coefficient (Wildman–Crippen LogP) is 3.16. The van der Waals surface area contributed by atoms with Gasteiger partial charge in [-0.15, -0.1) is 0 Å². The van der Waals surface area contributed by atoms with Crippen LogP contribution in [0.25, 0.3) is 10.8 Å². The summed E-state index contributed by atoms with van der Waals surface area (Å²) in [5, 5.41) is 4.65. The average Bonchev–Trinajstić information content (AvgIpc) is 2.71. The molecule has 2 amide bonds. The first-order chi connectivity index (χ1) is 13.2. The summed E-state index contributed by atoms with van der Waals surface area (Å²) in [5.41, 5.74) is 1.45. The van der Waals surface area contributed by atoms with Crippen molar-refractivity contribution in [2.45, 2.75) is 25.4 Å². The van der Waals surface area contributed by atoms with Crippen LogP contribution in [-0.2, 0) is 11.3 Å². The fraction of sp³-hybridized carbons (Fsp3) is 0.227. The Morgan fingerprint density at radius 1 is 1.07 bits per heavy atom. The first-order valence-corrected chi connectivity index (χ1v) is 9.20. The zero-order chi connectivity index (χ0) is 18.6. The van der Waals surface area contributed by atoms with Gasteiger partial charge in [-0.05, 0) is 29.9 Å². The van der Waals surface area contributed by atoms with E-state index in [0.29, 0.717) is 25.2 Å². The number of amides is 2. The number of nitrogens with zero attached hydrogens (tertiary/aromatic N) is 2. The molecule has 0 spiro atoms. The third-order valence-electron chi connectivity index (χ3n) is 4.94. The van der Waals surface area contributed by atoms with Gasteiger partial charge in [-0.3, -0.25) is 14.6 Å². The predicted molar refractivity (Wildman–Crippen MR) is 104 cm³/mol. The zero-order valence-corrected chi connectivity index (χ0v) is 15.0. The average molecular weight is 359 g/mol. The maximum absolute atomic E-state index is 12.9. The molecule has 2 aromatic carbocycles. The number of nitrogens with one attached hydrogen (secondary N) is 1. The summed E-state index contributed by atoms with van der Waals surface area (Å²) in [6, 6.07) is 18.9. The van der Waals surface area contributed by atoms with Crippen LogP contribution in [0.4, 0.5) is 0 Å². The van der Waals surface area contributed by atoms with Crippen molar-refractivity contribution < 1.29 is 9.59 Å². The fourth-order valence-corrected chi connectivity index (χ4v) is 3.56. The van der Waals surface area contributed by atoms with Crippen LogP contribution < -0.4 is 5.32 Å². The molecule has 1 N–H and O–H groups in total. The first-order valence-electron chi connectivity index (χ1n) is 9.20. The Bertz CT molecular complexity index is 966. The molecule has 1 aliphatic heterocycles. The molecule has 136 valence electrons. The summed E-state index contributed by atoms with van der Waals surface area (Å²) in [5.74, 6) is -0.328. The van der Waals surface area contributed by atoms with E-state index < -0.39 is 6.04 Å². The molecular weight excluding hydrogens is 338 g/mol. The summed E-state index contributed by atoms with van der Waals surface area (Å²) in [7, 11) is 0. The smallest absolute Gasteiger partial charge is 0.271 e. The van der Waals surface area contributed by atoms with Crippen molar-refractivity contribution in [1.82, 2.24) is 15.2 Å². The van der Waals surface area contributed by atoms with Crippen molar-refractivity contribution in [3.63, 3.8) is 0 Å². The molecule has 5 heteroatoms. The number of aromatic nitrogens is 1. The molecule has 1 fully saturated rings. The molecule has 4 rings (SSSR count). The minimum absolute atomic E-state index is 0.0290. The number of hydrogen-bond donors (Lipinski definition) is 1. The Hall–Kier alpha value is -3.21. The van der Waals surface area contributed by atoms with E-state index in [1.807, 2.05) is 65.6 Å². The molecule has 1 aromatic heterocycles. The van der Waals surface area contributed by atoms with Crippen LogP contribution in [0.5, 0.6) is 0 Å². The maximum Gasteiger partial charge on any atom is 0.271 e. The van der Waals surface area contributed by atoms with Gasteiger partial charge in [0.15, 0.2) is 0 Å². The molecule has 3 aromatic rings. The maximum atomic E-state index is 12.9. The van der Waals surface area contributed by atoms with Gasteiger partial charge < -0.3 is 10.2 Å². The number of benzene rings is 2. The highest BCUT2D eigenvalue weighted by Gasteiger charge is 2.30. The summed E-state index contributed by atoms with van der Waals surface area (Å²) in [6.45, 7) is 1.28. The van der Waals surface area contributed by atoms with Crippen LogP contribution in [0, 0.1) is 0 Å². The lowest BCUT2D eigenvalue weighted by atomic mass is 10.0. The van der Waals surface area contributed by atoms with Crippen LogP contribution in [0.15, 0.2) is 66.9 Å². The molecule has 0 radical (unpaired) electrons. The summed E-state index contributed by atoms with van der Waals surface area (Å²) < 4.78 is 0. The molecular formula is C22H21N3O2. The van der Waals surface area contributed by atoms with Crippen molar-refractivity contribution >= 4 is 22.6 Å². The van der Waals surface area contributed by atoms with Gasteiger partial charge in [0.05, 0.1) is 0 Å². The van der Waals surface area contributed by atoms with Crippen molar-refractivity contribution in [1.29, 1.82) is 0 Å². The van der Waals surface area contributed by atoms with E-state index in [0.717, 1.165) is 22.8 Å². The van der Waals surface area contributed by atoms with Crippen molar-refractivity contribution in [2.75, 3.05) is 6.54 Å². The third-order valence-corrected chi connectivity index (χ3v) is 4.94. The lowest BCUT2D eigenvalue weighted by molar-refractivity contribution is -0.136. The number of carbonyl (C=O) groups is 2. The van der Waals surface area contributed by atoms with Gasteiger partial charge in [0, 0.05) is 24.7 Å². The standard InChI is InChI=1S/C22H21N3O2/c26-21(20-18-10-5-4-9-17(18)12-13-23-20)24-19-11-6-14-25(22(19)27)15-16-7-2-1-3-8-16/h1-5,7-10,12-13,19H,6,11,14-15H2,(H,24,26). The van der Waals surface area contributed by atoms with E-state index in [1.165, 1.54) is 0 Å². The molecule has 27 heavy (non-hydrogen) atoms. The molecule has 5 nitrogen and oxygen atoms in total. The van der Waals surface area contributed by atoms with Gasteiger partial charge in [0.2, 0.25) is 5.91 Å². The van der Waals surface area contributed by atoms with Crippen LogP contribution in [0.1, 0.15) is 28.9 Å². The number of pyridine rings is 1. The molecule has 0 aliphatic carbocycles. The Morgan fingerprint density at radius 3 is 2.70 bits per heavy atom. The number of hydrogen-bond acceptors (Lipinski definition) is 3. The lowest BCUT2D eigenvalue weighted by Crippen LogP contribution is -2.52. The molecule has 1 unspecified atom stereocenters. The van der Waals surface area contributed by atoms with Crippen LogP contribution in [-0.4, -0.2) is 34.3 Å². The van der Waals surface area contributed by atoms with E-state index >= 15 is 0 Å². The highest BCUT2D eigenvalue weighted by atomic mass is 16.2. The molecule has 1 aliphatic rings. The van der Waals surface area contributed by atoms with E-state index in [1.54, 1.807) is 6.20 Å². The zero-order valence-electron chi connectivity index (χ0n) is 15.0. The quantitative estimate of drug-likeness (QED) is 0.778. The van der Waals surface area contributed by atoms with E-state index in [4.69, 9.17) is 0 Å². The Balaban J connectivity index is 1.50. The molecule has 0 bridgehead atoms. The van der Waals surface area contributed by atoms with Gasteiger partial charge in [0.1, 0.15) is 11.7 Å². The van der Waals surface area contributed by atoms with Gasteiger partial charge in [-0.1, -0.05) is 54.6 Å². The summed E-state index contributed by atoms with van der Waals surface area (Å²) in [4.78, 5) is 31.7. The summed E-state index contributed by atoms with van der Waals surface area (Å²) in [6.07, 6.45) is 3.15. The minimum Gasteiger partial charge on any atom is -0.339 e. The van der Waals surface area contributed by atoms with E-state index in [-0.39, 0.29) is 11.8 Å². The monoisotopic (exact) mass is 359 g/mol. The second kappa shape index (κ2) is 7.58. The summed E-state index contributed by atoms with van der Waals surface area (Å²) >= 11 is 0. The molecule has 0 saturated carbocycles. The minimum atomic E-state index is -0.504. The topological polar surface area (TPSA) is 62.3 Å². The number of carbonyl (C=O) groups excluding carboxylic acids is 2. The van der Waals surface area contributed by atoms with Crippen molar-refractivity contribution in [3.05, 3.63) is 78.1 Å². The van der Waals surface area contributed by atoms with Crippen LogP contribution in [0.3, 0.4) is 0 Å². The van der Waals surface area contributed by atoms with Crippen LogP contribution in [0.2, 0.25) is 0 Å². The van der Waals surface area contributed by atoms with Gasteiger partial charge in [-0.2, -0.15) is 0 Å². The Kier molecular flexibility index (Phi) is 4.83. The Labute approximate surface area is 158 Å². The SMILES string of the molecule is O=C(NC1CCCN(Cc2ccccc2)C1=O)c1nccc2ccccc12. The van der Waals surface area contributed by atoms with Crippen molar-refractivity contribution in [3.8, 4) is 0 Å². The lowest BCUT2D eigenvalue weighted by Gasteiger charge is -2.32. The third kappa shape index (κ3) is 3.67.